The van der Waals surface area contributed by atoms with Gasteiger partial charge in [-0.25, -0.2) is 4.79 Å². The van der Waals surface area contributed by atoms with Crippen LogP contribution in [0.5, 0.6) is 5.75 Å². The fourth-order valence-corrected chi connectivity index (χ4v) is 1.33. The van der Waals surface area contributed by atoms with Crippen molar-refractivity contribution < 1.29 is 14.6 Å². The molecule has 0 heterocycles. The summed E-state index contributed by atoms with van der Waals surface area (Å²) in [6.45, 7) is 1.91. The molecule has 0 aromatic heterocycles. The van der Waals surface area contributed by atoms with E-state index in [1.165, 1.54) is 6.08 Å². The summed E-state index contributed by atoms with van der Waals surface area (Å²) in [5.74, 6) is -0.177. The molecular weight excluding hydrogens is 204 g/mol. The molecular formula is C13H14O3. The van der Waals surface area contributed by atoms with E-state index in [1.807, 2.05) is 31.2 Å². The maximum Gasteiger partial charge on any atom is 0.328 e. The van der Waals surface area contributed by atoms with E-state index in [4.69, 9.17) is 9.84 Å². The summed E-state index contributed by atoms with van der Waals surface area (Å²) in [6, 6.07) is 7.60. The molecule has 3 nitrogen and oxygen atoms in total. The Balaban J connectivity index is 2.95. The van der Waals surface area contributed by atoms with Crippen molar-refractivity contribution in [2.45, 2.75) is 6.92 Å². The van der Waals surface area contributed by atoms with Crippen LogP contribution in [0.1, 0.15) is 12.5 Å². The van der Waals surface area contributed by atoms with E-state index in [-0.39, 0.29) is 0 Å². The standard InChI is InChI=1S/C13H14O3/c1-10(6-5-9-13(14)15)11-7-3-4-8-12(11)16-2/h3-9H,1-2H3,(H,14,15)/b9-5+,10-6+. The number of carbonyl (C=O) groups is 1. The molecule has 0 radical (unpaired) electrons. The van der Waals surface area contributed by atoms with Gasteiger partial charge in [0.05, 0.1) is 7.11 Å². The van der Waals surface area contributed by atoms with Gasteiger partial charge in [0.2, 0.25) is 0 Å². The summed E-state index contributed by atoms with van der Waals surface area (Å²) in [5.41, 5.74) is 1.91. The summed E-state index contributed by atoms with van der Waals surface area (Å²) in [4.78, 5) is 10.3. The van der Waals surface area contributed by atoms with Gasteiger partial charge in [-0.1, -0.05) is 30.4 Å². The Kier molecular flexibility index (Phi) is 4.33. The molecule has 0 fully saturated rings. The van der Waals surface area contributed by atoms with E-state index in [1.54, 1.807) is 13.2 Å². The number of benzene rings is 1. The second-order valence-electron chi connectivity index (χ2n) is 3.25. The number of carboxylic acid groups (broad SMARTS) is 1. The molecule has 84 valence electrons. The Labute approximate surface area is 94.7 Å². The molecule has 0 aliphatic heterocycles. The summed E-state index contributed by atoms with van der Waals surface area (Å²) in [6.07, 6.45) is 4.34. The molecule has 1 aromatic carbocycles. The molecule has 1 aromatic rings. The third-order valence-electron chi connectivity index (χ3n) is 2.12. The van der Waals surface area contributed by atoms with Gasteiger partial charge in [0.15, 0.2) is 0 Å². The van der Waals surface area contributed by atoms with Crippen LogP contribution in [0.4, 0.5) is 0 Å². The lowest BCUT2D eigenvalue weighted by molar-refractivity contribution is -0.131. The molecule has 1 rings (SSSR count). The van der Waals surface area contributed by atoms with Crippen LogP contribution in [0.15, 0.2) is 42.5 Å². The quantitative estimate of drug-likeness (QED) is 0.624. The normalized spacial score (nSPS) is 11.8. The van der Waals surface area contributed by atoms with Gasteiger partial charge < -0.3 is 9.84 Å². The van der Waals surface area contributed by atoms with Crippen LogP contribution in [0, 0.1) is 0 Å². The SMILES string of the molecule is COc1ccccc1/C(C)=C/C=C/C(=O)O. The fraction of sp³-hybridized carbons (Fsp3) is 0.154. The summed E-state index contributed by atoms with van der Waals surface area (Å²) in [5, 5.41) is 8.46. The van der Waals surface area contributed by atoms with Gasteiger partial charge >= 0.3 is 5.97 Å². The third-order valence-corrected chi connectivity index (χ3v) is 2.12. The monoisotopic (exact) mass is 218 g/mol. The highest BCUT2D eigenvalue weighted by Gasteiger charge is 2.01. The van der Waals surface area contributed by atoms with Gasteiger partial charge in [-0.2, -0.15) is 0 Å². The lowest BCUT2D eigenvalue weighted by Gasteiger charge is -2.07. The minimum Gasteiger partial charge on any atom is -0.496 e. The molecule has 16 heavy (non-hydrogen) atoms. The van der Waals surface area contributed by atoms with Crippen molar-refractivity contribution in [2.24, 2.45) is 0 Å². The number of allylic oxidation sites excluding steroid dienone is 3. The van der Waals surface area contributed by atoms with Crippen molar-refractivity contribution in [1.82, 2.24) is 0 Å². The zero-order chi connectivity index (χ0) is 12.0. The fourth-order valence-electron chi connectivity index (χ4n) is 1.33. The second kappa shape index (κ2) is 5.75. The predicted octanol–water partition coefficient (Wildman–Crippen LogP) is 2.74. The average molecular weight is 218 g/mol. The van der Waals surface area contributed by atoms with Crippen LogP contribution in [0.2, 0.25) is 0 Å². The number of ether oxygens (including phenoxy) is 1. The van der Waals surface area contributed by atoms with Crippen LogP contribution < -0.4 is 4.74 Å². The van der Waals surface area contributed by atoms with E-state index in [0.29, 0.717) is 0 Å². The molecule has 0 spiro atoms. The Morgan fingerprint density at radius 3 is 2.69 bits per heavy atom. The van der Waals surface area contributed by atoms with Crippen LogP contribution in [0.25, 0.3) is 5.57 Å². The van der Waals surface area contributed by atoms with Crippen molar-refractivity contribution >= 4 is 11.5 Å². The van der Waals surface area contributed by atoms with Crippen molar-refractivity contribution in [3.8, 4) is 5.75 Å². The number of para-hydroxylation sites is 1. The lowest BCUT2D eigenvalue weighted by Crippen LogP contribution is -1.89. The Bertz CT molecular complexity index is 431. The molecule has 0 atom stereocenters. The van der Waals surface area contributed by atoms with Gasteiger partial charge in [-0.05, 0) is 18.6 Å². The zero-order valence-electron chi connectivity index (χ0n) is 9.31. The molecule has 0 saturated carbocycles. The van der Waals surface area contributed by atoms with E-state index >= 15 is 0 Å². The highest BCUT2D eigenvalue weighted by molar-refractivity contribution is 5.81. The first-order valence-electron chi connectivity index (χ1n) is 4.86. The molecule has 3 heteroatoms. The van der Waals surface area contributed by atoms with Crippen molar-refractivity contribution in [3.63, 3.8) is 0 Å². The minimum atomic E-state index is -0.955. The van der Waals surface area contributed by atoms with Crippen LogP contribution in [-0.4, -0.2) is 18.2 Å². The number of methoxy groups -OCH3 is 1. The first kappa shape index (κ1) is 12.0. The average Bonchev–Trinajstić information content (AvgIpc) is 2.28. The second-order valence-corrected chi connectivity index (χ2v) is 3.25. The molecule has 0 bridgehead atoms. The first-order chi connectivity index (χ1) is 7.65. The summed E-state index contributed by atoms with van der Waals surface area (Å²) in [7, 11) is 1.61. The highest BCUT2D eigenvalue weighted by atomic mass is 16.5. The Hall–Kier alpha value is -2.03. The third kappa shape index (κ3) is 3.28. The van der Waals surface area contributed by atoms with Crippen molar-refractivity contribution in [1.29, 1.82) is 0 Å². The summed E-state index contributed by atoms with van der Waals surface area (Å²) >= 11 is 0. The van der Waals surface area contributed by atoms with Gasteiger partial charge in [-0.3, -0.25) is 0 Å². The number of hydrogen-bond acceptors (Lipinski definition) is 2. The largest absolute Gasteiger partial charge is 0.496 e. The molecule has 0 aliphatic carbocycles. The van der Waals surface area contributed by atoms with E-state index < -0.39 is 5.97 Å². The van der Waals surface area contributed by atoms with E-state index in [9.17, 15) is 4.79 Å². The lowest BCUT2D eigenvalue weighted by atomic mass is 10.1. The van der Waals surface area contributed by atoms with Gasteiger partial charge in [0.1, 0.15) is 5.75 Å². The predicted molar refractivity (Wildman–Crippen MR) is 63.4 cm³/mol. The first-order valence-corrected chi connectivity index (χ1v) is 4.86. The molecule has 0 unspecified atom stereocenters. The van der Waals surface area contributed by atoms with Crippen molar-refractivity contribution in [3.05, 3.63) is 48.1 Å². The summed E-state index contributed by atoms with van der Waals surface area (Å²) < 4.78 is 5.21. The Morgan fingerprint density at radius 1 is 1.38 bits per heavy atom. The Morgan fingerprint density at radius 2 is 2.06 bits per heavy atom. The van der Waals surface area contributed by atoms with E-state index in [0.717, 1.165) is 23.0 Å². The van der Waals surface area contributed by atoms with Crippen molar-refractivity contribution in [2.75, 3.05) is 7.11 Å². The number of aliphatic carboxylic acids is 1. The topological polar surface area (TPSA) is 46.5 Å². The van der Waals surface area contributed by atoms with Crippen LogP contribution >= 0.6 is 0 Å². The molecule has 0 amide bonds. The number of rotatable bonds is 4. The van der Waals surface area contributed by atoms with E-state index in [2.05, 4.69) is 0 Å². The minimum absolute atomic E-state index is 0.778. The highest BCUT2D eigenvalue weighted by Crippen LogP contribution is 2.24. The smallest absolute Gasteiger partial charge is 0.328 e. The van der Waals surface area contributed by atoms with Gasteiger partial charge in [-0.15, -0.1) is 0 Å². The van der Waals surface area contributed by atoms with Crippen LogP contribution in [-0.2, 0) is 4.79 Å². The van der Waals surface area contributed by atoms with Crippen LogP contribution in [0.3, 0.4) is 0 Å². The maximum atomic E-state index is 10.3. The van der Waals surface area contributed by atoms with Gasteiger partial charge in [0, 0.05) is 11.6 Å². The number of hydrogen-bond donors (Lipinski definition) is 1. The molecule has 0 saturated heterocycles. The molecule has 0 aliphatic rings. The number of carboxylic acids is 1. The molecule has 1 N–H and O–H groups in total. The zero-order valence-corrected chi connectivity index (χ0v) is 9.31. The maximum absolute atomic E-state index is 10.3. The van der Waals surface area contributed by atoms with Gasteiger partial charge in [0.25, 0.3) is 0 Å².